The third kappa shape index (κ3) is 3.33. The summed E-state index contributed by atoms with van der Waals surface area (Å²) < 4.78 is 18.0. The van der Waals surface area contributed by atoms with E-state index in [-0.39, 0.29) is 5.57 Å². The lowest BCUT2D eigenvalue weighted by atomic mass is 10.2. The largest absolute Gasteiger partial charge is 0.462 e. The Hall–Kier alpha value is -2.87. The van der Waals surface area contributed by atoms with E-state index < -0.39 is 11.7 Å². The fourth-order valence-electron chi connectivity index (χ4n) is 1.55. The van der Waals surface area contributed by atoms with Crippen molar-refractivity contribution >= 4 is 17.7 Å². The molecule has 1 heterocycles. The number of nitrogens with zero attached hydrogens (tertiary/aromatic N) is 1. The van der Waals surface area contributed by atoms with Crippen LogP contribution in [0.25, 0.3) is 6.08 Å². The number of carbonyl (C=O) groups excluding carboxylic acids is 1. The molecule has 20 heavy (non-hydrogen) atoms. The lowest BCUT2D eigenvalue weighted by Crippen LogP contribution is -2.13. The summed E-state index contributed by atoms with van der Waals surface area (Å²) in [6, 6.07) is 10.5. The standard InChI is InChI=1S/C15H11FN2O2/c1-10-2-7-14(20-10)8-11(9-17)15(19)18-13-5-3-12(16)4-6-13/h2-8H,1H3,(H,18,19). The van der Waals surface area contributed by atoms with E-state index in [0.717, 1.165) is 0 Å². The minimum Gasteiger partial charge on any atom is -0.462 e. The SMILES string of the molecule is Cc1ccc(C=C(C#N)C(=O)Nc2ccc(F)cc2)o1. The normalized spacial score (nSPS) is 10.9. The Bertz CT molecular complexity index is 693. The Morgan fingerprint density at radius 2 is 2.00 bits per heavy atom. The summed E-state index contributed by atoms with van der Waals surface area (Å²) in [6.07, 6.45) is 1.35. The number of furan rings is 1. The van der Waals surface area contributed by atoms with Crippen LogP contribution in [0.3, 0.4) is 0 Å². The number of hydrogen-bond donors (Lipinski definition) is 1. The van der Waals surface area contributed by atoms with Crippen LogP contribution in [0.15, 0.2) is 46.4 Å². The summed E-state index contributed by atoms with van der Waals surface area (Å²) >= 11 is 0. The van der Waals surface area contributed by atoms with E-state index in [0.29, 0.717) is 17.2 Å². The summed E-state index contributed by atoms with van der Waals surface area (Å²) in [4.78, 5) is 11.9. The van der Waals surface area contributed by atoms with E-state index in [1.165, 1.54) is 30.3 Å². The molecular weight excluding hydrogens is 259 g/mol. The molecule has 0 spiro atoms. The van der Waals surface area contributed by atoms with Crippen LogP contribution < -0.4 is 5.32 Å². The molecule has 4 nitrogen and oxygen atoms in total. The summed E-state index contributed by atoms with van der Waals surface area (Å²) in [5.41, 5.74) is 0.317. The van der Waals surface area contributed by atoms with E-state index in [9.17, 15) is 9.18 Å². The van der Waals surface area contributed by atoms with Gasteiger partial charge in [-0.05, 0) is 43.3 Å². The van der Waals surface area contributed by atoms with Crippen LogP contribution in [0.4, 0.5) is 10.1 Å². The molecule has 0 bridgehead atoms. The van der Waals surface area contributed by atoms with Crippen LogP contribution in [-0.2, 0) is 4.79 Å². The third-order valence-corrected chi connectivity index (χ3v) is 2.51. The monoisotopic (exact) mass is 270 g/mol. The van der Waals surface area contributed by atoms with Crippen molar-refractivity contribution in [3.8, 4) is 6.07 Å². The zero-order valence-corrected chi connectivity index (χ0v) is 10.7. The zero-order chi connectivity index (χ0) is 14.5. The van der Waals surface area contributed by atoms with Gasteiger partial charge in [0.15, 0.2) is 0 Å². The van der Waals surface area contributed by atoms with Gasteiger partial charge in [0.25, 0.3) is 5.91 Å². The van der Waals surface area contributed by atoms with E-state index >= 15 is 0 Å². The maximum atomic E-state index is 12.7. The minimum atomic E-state index is -0.576. The number of amides is 1. The summed E-state index contributed by atoms with van der Waals surface area (Å²) in [5.74, 6) is 0.138. The highest BCUT2D eigenvalue weighted by atomic mass is 19.1. The summed E-state index contributed by atoms with van der Waals surface area (Å²) in [6.45, 7) is 1.77. The van der Waals surface area contributed by atoms with Crippen LogP contribution in [0.2, 0.25) is 0 Å². The Morgan fingerprint density at radius 3 is 2.55 bits per heavy atom. The van der Waals surface area contributed by atoms with Gasteiger partial charge in [-0.15, -0.1) is 0 Å². The lowest BCUT2D eigenvalue weighted by Gasteiger charge is -2.03. The van der Waals surface area contributed by atoms with Crippen molar-refractivity contribution in [1.82, 2.24) is 0 Å². The second kappa shape index (κ2) is 5.85. The molecule has 1 aromatic heterocycles. The predicted molar refractivity (Wildman–Crippen MR) is 72.1 cm³/mol. The maximum Gasteiger partial charge on any atom is 0.266 e. The van der Waals surface area contributed by atoms with Crippen LogP contribution in [-0.4, -0.2) is 5.91 Å². The fourth-order valence-corrected chi connectivity index (χ4v) is 1.55. The van der Waals surface area contributed by atoms with E-state index in [4.69, 9.17) is 9.68 Å². The third-order valence-electron chi connectivity index (χ3n) is 2.51. The molecule has 0 atom stereocenters. The number of nitriles is 1. The molecule has 0 radical (unpaired) electrons. The molecule has 1 amide bonds. The van der Waals surface area contributed by atoms with Gasteiger partial charge in [-0.3, -0.25) is 4.79 Å². The molecule has 0 saturated heterocycles. The van der Waals surface area contributed by atoms with Crippen molar-refractivity contribution < 1.29 is 13.6 Å². The van der Waals surface area contributed by atoms with E-state index in [1.807, 2.05) is 0 Å². The van der Waals surface area contributed by atoms with Crippen molar-refractivity contribution in [3.63, 3.8) is 0 Å². The molecule has 1 N–H and O–H groups in total. The van der Waals surface area contributed by atoms with Crippen molar-refractivity contribution in [2.45, 2.75) is 6.92 Å². The molecule has 2 rings (SSSR count). The number of benzene rings is 1. The van der Waals surface area contributed by atoms with Crippen LogP contribution in [0.5, 0.6) is 0 Å². The molecule has 100 valence electrons. The number of halogens is 1. The molecule has 0 fully saturated rings. The van der Waals surface area contributed by atoms with Gasteiger partial charge in [0.2, 0.25) is 0 Å². The molecule has 0 saturated carbocycles. The number of rotatable bonds is 3. The van der Waals surface area contributed by atoms with E-state index in [2.05, 4.69) is 5.32 Å². The predicted octanol–water partition coefficient (Wildman–Crippen LogP) is 3.27. The minimum absolute atomic E-state index is 0.0938. The van der Waals surface area contributed by atoms with Gasteiger partial charge in [0.05, 0.1) is 0 Å². The molecule has 0 aliphatic heterocycles. The Balaban J connectivity index is 2.16. The van der Waals surface area contributed by atoms with Crippen LogP contribution in [0.1, 0.15) is 11.5 Å². The van der Waals surface area contributed by atoms with Gasteiger partial charge in [-0.2, -0.15) is 5.26 Å². The van der Waals surface area contributed by atoms with Gasteiger partial charge >= 0.3 is 0 Å². The average molecular weight is 270 g/mol. The summed E-state index contributed by atoms with van der Waals surface area (Å²) in [7, 11) is 0. The zero-order valence-electron chi connectivity index (χ0n) is 10.7. The number of aryl methyl sites for hydroxylation is 1. The van der Waals surface area contributed by atoms with Gasteiger partial charge in [-0.1, -0.05) is 0 Å². The van der Waals surface area contributed by atoms with Gasteiger partial charge in [0, 0.05) is 11.8 Å². The van der Waals surface area contributed by atoms with Gasteiger partial charge in [-0.25, -0.2) is 4.39 Å². The number of carbonyl (C=O) groups is 1. The number of anilines is 1. The van der Waals surface area contributed by atoms with E-state index in [1.54, 1.807) is 25.1 Å². The molecule has 0 aliphatic rings. The molecule has 1 aromatic carbocycles. The second-order valence-electron chi connectivity index (χ2n) is 4.08. The van der Waals surface area contributed by atoms with Crippen molar-refractivity contribution in [2.24, 2.45) is 0 Å². The first-order valence-corrected chi connectivity index (χ1v) is 5.83. The van der Waals surface area contributed by atoms with Crippen molar-refractivity contribution in [3.05, 3.63) is 59.3 Å². The molecule has 5 heteroatoms. The second-order valence-corrected chi connectivity index (χ2v) is 4.08. The highest BCUT2D eigenvalue weighted by Gasteiger charge is 2.10. The molecule has 2 aromatic rings. The van der Waals surface area contributed by atoms with Crippen molar-refractivity contribution in [2.75, 3.05) is 5.32 Å². The topological polar surface area (TPSA) is 66.0 Å². The average Bonchev–Trinajstić information content (AvgIpc) is 2.84. The Kier molecular flexibility index (Phi) is 3.96. The van der Waals surface area contributed by atoms with Gasteiger partial charge < -0.3 is 9.73 Å². The first kappa shape index (κ1) is 13.6. The van der Waals surface area contributed by atoms with Gasteiger partial charge in [0.1, 0.15) is 29.0 Å². The Labute approximate surface area is 115 Å². The highest BCUT2D eigenvalue weighted by Crippen LogP contribution is 2.13. The molecule has 0 aliphatic carbocycles. The van der Waals surface area contributed by atoms with Crippen LogP contribution >= 0.6 is 0 Å². The lowest BCUT2D eigenvalue weighted by molar-refractivity contribution is -0.112. The first-order chi connectivity index (χ1) is 9.58. The van der Waals surface area contributed by atoms with Crippen molar-refractivity contribution in [1.29, 1.82) is 5.26 Å². The maximum absolute atomic E-state index is 12.7. The quantitative estimate of drug-likeness (QED) is 0.687. The number of hydrogen-bond acceptors (Lipinski definition) is 3. The molecule has 0 unspecified atom stereocenters. The summed E-state index contributed by atoms with van der Waals surface area (Å²) in [5, 5.41) is 11.5. The fraction of sp³-hybridized carbons (Fsp3) is 0.0667. The highest BCUT2D eigenvalue weighted by molar-refractivity contribution is 6.09. The first-order valence-electron chi connectivity index (χ1n) is 5.83. The Morgan fingerprint density at radius 1 is 1.30 bits per heavy atom. The molecular formula is C15H11FN2O2. The van der Waals surface area contributed by atoms with Crippen LogP contribution in [0, 0.1) is 24.1 Å². The smallest absolute Gasteiger partial charge is 0.266 e. The number of nitrogens with one attached hydrogen (secondary N) is 1.